The Kier molecular flexibility index (Phi) is 2.76. The van der Waals surface area contributed by atoms with E-state index in [2.05, 4.69) is 14.5 Å². The van der Waals surface area contributed by atoms with Gasteiger partial charge in [-0.1, -0.05) is 6.07 Å². The maximum atomic E-state index is 13.7. The number of fused-ring (bicyclic) bond motifs is 1. The van der Waals surface area contributed by atoms with Crippen molar-refractivity contribution in [3.8, 4) is 0 Å². The average molecular weight is 246 g/mol. The van der Waals surface area contributed by atoms with E-state index in [1.807, 2.05) is 6.20 Å². The molecule has 0 fully saturated rings. The van der Waals surface area contributed by atoms with Crippen molar-refractivity contribution in [1.29, 1.82) is 0 Å². The van der Waals surface area contributed by atoms with E-state index in [4.69, 9.17) is 5.73 Å². The van der Waals surface area contributed by atoms with Gasteiger partial charge in [0.15, 0.2) is 0 Å². The number of halogens is 1. The normalized spacial score (nSPS) is 15.6. The van der Waals surface area contributed by atoms with Crippen molar-refractivity contribution in [1.82, 2.24) is 14.5 Å². The Labute approximate surface area is 105 Å². The summed E-state index contributed by atoms with van der Waals surface area (Å²) in [7, 11) is 0. The Bertz CT molecular complexity index is 544. The van der Waals surface area contributed by atoms with Crippen molar-refractivity contribution in [3.63, 3.8) is 0 Å². The lowest BCUT2D eigenvalue weighted by atomic mass is 10.1. The van der Waals surface area contributed by atoms with Crippen LogP contribution < -0.4 is 5.73 Å². The molecule has 0 saturated carbocycles. The van der Waals surface area contributed by atoms with Crippen molar-refractivity contribution in [2.24, 2.45) is 0 Å². The zero-order valence-corrected chi connectivity index (χ0v) is 10.0. The summed E-state index contributed by atoms with van der Waals surface area (Å²) < 4.78 is 15.8. The molecule has 3 rings (SSSR count). The maximum absolute atomic E-state index is 13.7. The van der Waals surface area contributed by atoms with Crippen molar-refractivity contribution in [3.05, 3.63) is 47.8 Å². The van der Waals surface area contributed by atoms with E-state index >= 15 is 0 Å². The molecule has 0 spiro atoms. The van der Waals surface area contributed by atoms with Gasteiger partial charge in [-0.25, -0.2) is 9.37 Å². The molecule has 4 nitrogen and oxygen atoms in total. The fourth-order valence-electron chi connectivity index (χ4n) is 2.32. The quantitative estimate of drug-likeness (QED) is 0.819. The highest BCUT2D eigenvalue weighted by Crippen LogP contribution is 2.20. The van der Waals surface area contributed by atoms with Crippen LogP contribution in [0.2, 0.25) is 0 Å². The number of nitrogen functional groups attached to an aromatic ring is 1. The molecule has 1 aromatic heterocycles. The van der Waals surface area contributed by atoms with Gasteiger partial charge in [0.05, 0.1) is 6.54 Å². The molecule has 2 N–H and O–H groups in total. The third kappa shape index (κ3) is 1.97. The number of imidazole rings is 1. The molecule has 1 aromatic carbocycles. The summed E-state index contributed by atoms with van der Waals surface area (Å²) in [6, 6.07) is 4.83. The highest BCUT2D eigenvalue weighted by molar-refractivity contribution is 5.47. The first-order valence-corrected chi connectivity index (χ1v) is 5.99. The van der Waals surface area contributed by atoms with E-state index in [1.165, 1.54) is 6.07 Å². The van der Waals surface area contributed by atoms with Crippen LogP contribution in [0.1, 0.15) is 11.4 Å². The van der Waals surface area contributed by atoms with Crippen LogP contribution in [-0.2, 0) is 19.6 Å². The number of hydrogen-bond acceptors (Lipinski definition) is 3. The predicted octanol–water partition coefficient (Wildman–Crippen LogP) is 1.62. The Morgan fingerprint density at radius 3 is 3.06 bits per heavy atom. The van der Waals surface area contributed by atoms with Gasteiger partial charge in [0, 0.05) is 43.3 Å². The second kappa shape index (κ2) is 4.42. The molecule has 1 aliphatic rings. The third-order valence-corrected chi connectivity index (χ3v) is 3.36. The van der Waals surface area contributed by atoms with Gasteiger partial charge in [-0.2, -0.15) is 0 Å². The summed E-state index contributed by atoms with van der Waals surface area (Å²) in [4.78, 5) is 6.45. The lowest BCUT2D eigenvalue weighted by Gasteiger charge is -2.28. The monoisotopic (exact) mass is 246 g/mol. The molecule has 5 heteroatoms. The van der Waals surface area contributed by atoms with Crippen molar-refractivity contribution >= 4 is 5.69 Å². The molecule has 0 aliphatic carbocycles. The Balaban J connectivity index is 1.79. The lowest BCUT2D eigenvalue weighted by molar-refractivity contribution is 0.207. The summed E-state index contributed by atoms with van der Waals surface area (Å²) in [5, 5.41) is 0. The number of aromatic nitrogens is 2. The van der Waals surface area contributed by atoms with Gasteiger partial charge in [0.1, 0.15) is 11.6 Å². The fraction of sp³-hybridized carbons (Fsp3) is 0.308. The number of hydrogen-bond donors (Lipinski definition) is 1. The number of benzene rings is 1. The minimum Gasteiger partial charge on any atom is -0.398 e. The van der Waals surface area contributed by atoms with Crippen LogP contribution in [0.4, 0.5) is 10.1 Å². The minimum atomic E-state index is -0.232. The van der Waals surface area contributed by atoms with Gasteiger partial charge in [0.25, 0.3) is 0 Å². The fourth-order valence-corrected chi connectivity index (χ4v) is 2.32. The molecule has 2 heterocycles. The summed E-state index contributed by atoms with van der Waals surface area (Å²) in [5.41, 5.74) is 6.92. The molecule has 0 unspecified atom stereocenters. The van der Waals surface area contributed by atoms with Crippen LogP contribution in [0, 0.1) is 5.82 Å². The van der Waals surface area contributed by atoms with E-state index in [9.17, 15) is 4.39 Å². The topological polar surface area (TPSA) is 47.1 Å². The number of anilines is 1. The van der Waals surface area contributed by atoms with Gasteiger partial charge in [0.2, 0.25) is 0 Å². The first-order chi connectivity index (χ1) is 8.74. The molecule has 2 aromatic rings. The second-order valence-corrected chi connectivity index (χ2v) is 4.56. The molecule has 0 atom stereocenters. The van der Waals surface area contributed by atoms with Gasteiger partial charge in [-0.05, 0) is 12.1 Å². The highest BCUT2D eigenvalue weighted by atomic mass is 19.1. The zero-order chi connectivity index (χ0) is 12.5. The molecule has 1 aliphatic heterocycles. The van der Waals surface area contributed by atoms with Crippen molar-refractivity contribution in [2.45, 2.75) is 19.6 Å². The highest BCUT2D eigenvalue weighted by Gasteiger charge is 2.18. The first-order valence-electron chi connectivity index (χ1n) is 5.99. The van der Waals surface area contributed by atoms with E-state index < -0.39 is 0 Å². The molecular formula is C13H15FN4. The van der Waals surface area contributed by atoms with Crippen molar-refractivity contribution in [2.75, 3.05) is 12.3 Å². The van der Waals surface area contributed by atoms with Crippen LogP contribution in [0.25, 0.3) is 0 Å². The summed E-state index contributed by atoms with van der Waals surface area (Å²) in [5.74, 6) is 0.792. The predicted molar refractivity (Wildman–Crippen MR) is 67.2 cm³/mol. The Morgan fingerprint density at radius 2 is 2.22 bits per heavy atom. The molecule has 18 heavy (non-hydrogen) atoms. The number of nitrogens with zero attached hydrogens (tertiary/aromatic N) is 3. The second-order valence-electron chi connectivity index (χ2n) is 4.56. The lowest BCUT2D eigenvalue weighted by Crippen LogP contribution is -2.33. The van der Waals surface area contributed by atoms with E-state index in [1.54, 1.807) is 18.3 Å². The number of rotatable bonds is 2. The van der Waals surface area contributed by atoms with E-state index in [0.717, 1.165) is 25.5 Å². The minimum absolute atomic E-state index is 0.232. The Hall–Kier alpha value is -1.88. The van der Waals surface area contributed by atoms with Gasteiger partial charge >= 0.3 is 0 Å². The van der Waals surface area contributed by atoms with Crippen LogP contribution in [0.15, 0.2) is 30.6 Å². The van der Waals surface area contributed by atoms with Gasteiger partial charge in [-0.3, -0.25) is 4.90 Å². The van der Waals surface area contributed by atoms with Crippen LogP contribution in [0.3, 0.4) is 0 Å². The first kappa shape index (κ1) is 11.2. The average Bonchev–Trinajstić information content (AvgIpc) is 2.81. The standard InChI is InChI=1S/C13H15FN4/c14-11-2-1-3-12(15)10(11)8-17-6-7-18-5-4-16-13(18)9-17/h1-5H,6-9,15H2. The summed E-state index contributed by atoms with van der Waals surface area (Å²) in [6.07, 6.45) is 3.78. The third-order valence-electron chi connectivity index (χ3n) is 3.36. The van der Waals surface area contributed by atoms with Crippen LogP contribution in [0.5, 0.6) is 0 Å². The summed E-state index contributed by atoms with van der Waals surface area (Å²) in [6.45, 7) is 3.05. The Morgan fingerprint density at radius 1 is 1.33 bits per heavy atom. The maximum Gasteiger partial charge on any atom is 0.129 e. The molecule has 0 amide bonds. The zero-order valence-electron chi connectivity index (χ0n) is 10.0. The van der Waals surface area contributed by atoms with Gasteiger partial charge < -0.3 is 10.3 Å². The molecule has 0 saturated heterocycles. The smallest absolute Gasteiger partial charge is 0.129 e. The van der Waals surface area contributed by atoms with E-state index in [-0.39, 0.29) is 5.82 Å². The largest absolute Gasteiger partial charge is 0.398 e. The molecule has 0 radical (unpaired) electrons. The van der Waals surface area contributed by atoms with E-state index in [0.29, 0.717) is 17.8 Å². The van der Waals surface area contributed by atoms with Crippen molar-refractivity contribution < 1.29 is 4.39 Å². The van der Waals surface area contributed by atoms with Gasteiger partial charge in [-0.15, -0.1) is 0 Å². The molecule has 94 valence electrons. The molecule has 0 bridgehead atoms. The molecular weight excluding hydrogens is 231 g/mol. The summed E-state index contributed by atoms with van der Waals surface area (Å²) >= 11 is 0. The SMILES string of the molecule is Nc1cccc(F)c1CN1CCn2ccnc2C1. The van der Waals surface area contributed by atoms with Crippen LogP contribution in [-0.4, -0.2) is 21.0 Å². The number of nitrogens with two attached hydrogens (primary N) is 1. The van der Waals surface area contributed by atoms with Crippen LogP contribution >= 0.6 is 0 Å².